The Morgan fingerprint density at radius 2 is 2.23 bits per heavy atom. The highest BCUT2D eigenvalue weighted by Crippen LogP contribution is 2.25. The lowest BCUT2D eigenvalue weighted by Gasteiger charge is -2.07. The molecular weight excluding hydrogens is 307 g/mol. The molecule has 0 fully saturated rings. The summed E-state index contributed by atoms with van der Waals surface area (Å²) in [7, 11) is 3.18. The van der Waals surface area contributed by atoms with Gasteiger partial charge in [0.2, 0.25) is 0 Å². The Kier molecular flexibility index (Phi) is 5.60. The minimum absolute atomic E-state index is 0.00246. The summed E-state index contributed by atoms with van der Waals surface area (Å²) in [4.78, 5) is 11.1. The summed E-state index contributed by atoms with van der Waals surface area (Å²) in [6.45, 7) is 0. The maximum atomic E-state index is 14.2. The summed E-state index contributed by atoms with van der Waals surface area (Å²) in [5.74, 6) is 0.496. The predicted octanol–water partition coefficient (Wildman–Crippen LogP) is 2.48. The van der Waals surface area contributed by atoms with Crippen LogP contribution in [0, 0.1) is 0 Å². The smallest absolute Gasteiger partial charge is 0.303 e. The molecular formula is C16H19FO4S. The van der Waals surface area contributed by atoms with Crippen LogP contribution >= 0.6 is 11.3 Å². The molecule has 120 valence electrons. The molecule has 1 aromatic rings. The highest BCUT2D eigenvalue weighted by molar-refractivity contribution is 7.09. The number of carboxylic acid groups (broad SMARTS) is 1. The third-order valence-electron chi connectivity index (χ3n) is 3.48. The first-order chi connectivity index (χ1) is 10.5. The van der Waals surface area contributed by atoms with E-state index in [1.165, 1.54) is 11.3 Å². The SMILES string of the molecule is COC1=C(OC)CC=c2cc(C(F)CCCC(=O)O)sc2=C1. The molecule has 0 aromatic carbocycles. The van der Waals surface area contributed by atoms with Gasteiger partial charge >= 0.3 is 5.97 Å². The number of fused-ring (bicyclic) bond motifs is 1. The summed E-state index contributed by atoms with van der Waals surface area (Å²) in [6.07, 6.45) is 3.87. The Balaban J connectivity index is 2.22. The number of carboxylic acids is 1. The first kappa shape index (κ1) is 16.5. The number of aliphatic carboxylic acids is 1. The van der Waals surface area contributed by atoms with E-state index >= 15 is 0 Å². The molecule has 0 amide bonds. The minimum atomic E-state index is -1.13. The van der Waals surface area contributed by atoms with Crippen LogP contribution in [-0.4, -0.2) is 25.3 Å². The minimum Gasteiger partial charge on any atom is -0.497 e. The van der Waals surface area contributed by atoms with Crippen LogP contribution in [0.15, 0.2) is 17.6 Å². The number of thiophene rings is 1. The quantitative estimate of drug-likeness (QED) is 0.836. The molecule has 0 aliphatic heterocycles. The van der Waals surface area contributed by atoms with Crippen molar-refractivity contribution in [3.05, 3.63) is 32.2 Å². The number of alkyl halides is 1. The highest BCUT2D eigenvalue weighted by atomic mass is 32.1. The van der Waals surface area contributed by atoms with E-state index in [4.69, 9.17) is 14.6 Å². The molecule has 0 bridgehead atoms. The van der Waals surface area contributed by atoms with Gasteiger partial charge < -0.3 is 14.6 Å². The van der Waals surface area contributed by atoms with E-state index in [-0.39, 0.29) is 12.8 Å². The molecule has 6 heteroatoms. The van der Waals surface area contributed by atoms with E-state index in [0.29, 0.717) is 23.5 Å². The van der Waals surface area contributed by atoms with Gasteiger partial charge in [-0.05, 0) is 24.1 Å². The Bertz CT molecular complexity index is 689. The van der Waals surface area contributed by atoms with E-state index in [9.17, 15) is 9.18 Å². The van der Waals surface area contributed by atoms with E-state index in [1.54, 1.807) is 14.2 Å². The molecule has 4 nitrogen and oxygen atoms in total. The molecule has 1 heterocycles. The predicted molar refractivity (Wildman–Crippen MR) is 83.5 cm³/mol. The van der Waals surface area contributed by atoms with Crippen molar-refractivity contribution < 1.29 is 23.8 Å². The summed E-state index contributed by atoms with van der Waals surface area (Å²) in [6, 6.07) is 1.83. The molecule has 0 radical (unpaired) electrons. The van der Waals surface area contributed by atoms with Crippen molar-refractivity contribution in [3.8, 4) is 0 Å². The van der Waals surface area contributed by atoms with Crippen molar-refractivity contribution in [2.45, 2.75) is 31.9 Å². The maximum Gasteiger partial charge on any atom is 0.303 e. The van der Waals surface area contributed by atoms with Gasteiger partial charge in [-0.15, -0.1) is 11.3 Å². The van der Waals surface area contributed by atoms with Gasteiger partial charge in [0.15, 0.2) is 5.76 Å². The Morgan fingerprint density at radius 3 is 2.86 bits per heavy atom. The van der Waals surface area contributed by atoms with Crippen molar-refractivity contribution in [2.24, 2.45) is 0 Å². The molecule has 0 spiro atoms. The zero-order valence-corrected chi connectivity index (χ0v) is 13.4. The van der Waals surface area contributed by atoms with Crippen LogP contribution in [0.3, 0.4) is 0 Å². The van der Waals surface area contributed by atoms with Crippen LogP contribution in [0.4, 0.5) is 4.39 Å². The average molecular weight is 326 g/mol. The first-order valence-electron chi connectivity index (χ1n) is 7.03. The van der Waals surface area contributed by atoms with Crippen LogP contribution in [0.5, 0.6) is 0 Å². The molecule has 1 atom stereocenters. The van der Waals surface area contributed by atoms with Crippen molar-refractivity contribution in [2.75, 3.05) is 14.2 Å². The molecule has 0 saturated carbocycles. The van der Waals surface area contributed by atoms with Gasteiger partial charge in [0, 0.05) is 28.3 Å². The Labute approximate surface area is 132 Å². The molecule has 2 rings (SSSR count). The van der Waals surface area contributed by atoms with Crippen LogP contribution in [-0.2, 0) is 14.3 Å². The van der Waals surface area contributed by atoms with Crippen molar-refractivity contribution in [1.29, 1.82) is 0 Å². The van der Waals surface area contributed by atoms with Gasteiger partial charge in [0.05, 0.1) is 14.2 Å². The molecule has 0 saturated heterocycles. The number of allylic oxidation sites excluding steroid dienone is 2. The Morgan fingerprint density at radius 1 is 1.45 bits per heavy atom. The zero-order valence-electron chi connectivity index (χ0n) is 12.6. The standard InChI is InChI=1S/C16H19FO4S/c1-20-12-7-6-10-8-15(11(17)4-3-5-16(18)19)22-14(10)9-13(12)21-2/h6,8-9,11H,3-5,7H2,1-2H3,(H,18,19). The van der Waals surface area contributed by atoms with Gasteiger partial charge in [-0.1, -0.05) is 6.08 Å². The maximum absolute atomic E-state index is 14.2. The summed E-state index contributed by atoms with van der Waals surface area (Å²) >= 11 is 1.37. The normalized spacial score (nSPS) is 15.2. The second-order valence-corrected chi connectivity index (χ2v) is 6.09. The summed E-state index contributed by atoms with van der Waals surface area (Å²) in [5, 5.41) is 9.57. The molecule has 1 N–H and O–H groups in total. The van der Waals surface area contributed by atoms with Crippen molar-refractivity contribution in [3.63, 3.8) is 0 Å². The monoisotopic (exact) mass is 326 g/mol. The lowest BCUT2D eigenvalue weighted by molar-refractivity contribution is -0.137. The van der Waals surface area contributed by atoms with Gasteiger partial charge in [-0.3, -0.25) is 4.79 Å². The first-order valence-corrected chi connectivity index (χ1v) is 7.85. The topological polar surface area (TPSA) is 55.8 Å². The van der Waals surface area contributed by atoms with Gasteiger partial charge in [0.25, 0.3) is 0 Å². The zero-order chi connectivity index (χ0) is 16.1. The van der Waals surface area contributed by atoms with Gasteiger partial charge in [-0.25, -0.2) is 4.39 Å². The molecule has 1 aromatic heterocycles. The number of methoxy groups -OCH3 is 2. The van der Waals surface area contributed by atoms with Gasteiger partial charge in [-0.2, -0.15) is 0 Å². The van der Waals surface area contributed by atoms with Gasteiger partial charge in [0.1, 0.15) is 11.9 Å². The molecule has 22 heavy (non-hydrogen) atoms. The second kappa shape index (κ2) is 7.45. The molecule has 1 unspecified atom stereocenters. The summed E-state index contributed by atoms with van der Waals surface area (Å²) in [5.41, 5.74) is 0. The van der Waals surface area contributed by atoms with E-state index in [1.807, 2.05) is 18.2 Å². The van der Waals surface area contributed by atoms with Crippen molar-refractivity contribution >= 4 is 29.5 Å². The average Bonchev–Trinajstić information content (AvgIpc) is 2.81. The summed E-state index contributed by atoms with van der Waals surface area (Å²) < 4.78 is 25.8. The molecule has 1 aliphatic rings. The van der Waals surface area contributed by atoms with E-state index in [0.717, 1.165) is 15.5 Å². The third-order valence-corrected chi connectivity index (χ3v) is 4.66. The largest absolute Gasteiger partial charge is 0.497 e. The lowest BCUT2D eigenvalue weighted by Crippen LogP contribution is -2.16. The number of rotatable bonds is 7. The number of hydrogen-bond donors (Lipinski definition) is 1. The fourth-order valence-electron chi connectivity index (χ4n) is 2.30. The number of halogens is 1. The van der Waals surface area contributed by atoms with E-state index in [2.05, 4.69) is 0 Å². The van der Waals surface area contributed by atoms with Crippen LogP contribution < -0.4 is 9.75 Å². The fraction of sp³-hybridized carbons (Fsp3) is 0.438. The number of ether oxygens (including phenoxy) is 2. The van der Waals surface area contributed by atoms with Crippen LogP contribution in [0.2, 0.25) is 0 Å². The fourth-order valence-corrected chi connectivity index (χ4v) is 3.41. The number of hydrogen-bond acceptors (Lipinski definition) is 4. The molecule has 1 aliphatic carbocycles. The Hall–Kier alpha value is -1.82. The second-order valence-electron chi connectivity index (χ2n) is 4.97. The van der Waals surface area contributed by atoms with Crippen molar-refractivity contribution in [1.82, 2.24) is 0 Å². The number of carbonyl (C=O) groups is 1. The highest BCUT2D eigenvalue weighted by Gasteiger charge is 2.15. The third kappa shape index (κ3) is 3.88. The van der Waals surface area contributed by atoms with Crippen LogP contribution in [0.25, 0.3) is 12.2 Å². The lowest BCUT2D eigenvalue weighted by atomic mass is 10.1. The van der Waals surface area contributed by atoms with Crippen LogP contribution in [0.1, 0.15) is 36.7 Å². The van der Waals surface area contributed by atoms with E-state index < -0.39 is 12.1 Å².